The van der Waals surface area contributed by atoms with Gasteiger partial charge in [-0.1, -0.05) is 6.92 Å². The molecule has 0 bridgehead atoms. The molecule has 0 atom stereocenters. The van der Waals surface area contributed by atoms with E-state index in [9.17, 15) is 13.2 Å². The predicted molar refractivity (Wildman–Crippen MR) is 87.6 cm³/mol. The van der Waals surface area contributed by atoms with Crippen LogP contribution in [-0.2, 0) is 21.4 Å². The number of carbonyl (C=O) groups excluding carboxylic acids is 1. The highest BCUT2D eigenvalue weighted by Crippen LogP contribution is 2.22. The summed E-state index contributed by atoms with van der Waals surface area (Å²) in [6.45, 7) is 7.17. The van der Waals surface area contributed by atoms with Gasteiger partial charge in [-0.3, -0.25) is 9.48 Å². The summed E-state index contributed by atoms with van der Waals surface area (Å²) in [6, 6.07) is 0. The maximum Gasteiger partial charge on any atom is 0.246 e. The minimum atomic E-state index is -3.56. The minimum Gasteiger partial charge on any atom is -0.341 e. The summed E-state index contributed by atoms with van der Waals surface area (Å²) < 4.78 is 27.5. The normalized spacial score (nSPS) is 17.0. The summed E-state index contributed by atoms with van der Waals surface area (Å²) in [7, 11) is -0.577. The quantitative estimate of drug-likeness (QED) is 0.818. The van der Waals surface area contributed by atoms with E-state index in [0.29, 0.717) is 17.3 Å². The Hall–Kier alpha value is -1.41. The molecule has 1 aromatic heterocycles. The molecule has 7 nitrogen and oxygen atoms in total. The van der Waals surface area contributed by atoms with Gasteiger partial charge in [-0.05, 0) is 32.6 Å². The van der Waals surface area contributed by atoms with Crippen molar-refractivity contribution in [3.8, 4) is 0 Å². The van der Waals surface area contributed by atoms with Gasteiger partial charge in [0.05, 0.1) is 11.4 Å². The summed E-state index contributed by atoms with van der Waals surface area (Å²) >= 11 is 0. The second-order valence-electron chi connectivity index (χ2n) is 6.51. The molecule has 2 rings (SSSR count). The minimum absolute atomic E-state index is 0.00342. The van der Waals surface area contributed by atoms with Crippen LogP contribution < -0.4 is 0 Å². The SMILES string of the molecule is Cc1nn(CC(=O)N2CCC(C)CC2)c(C)c1S(=O)(=O)N(C)C. The Balaban J connectivity index is 2.21. The van der Waals surface area contributed by atoms with Crippen LogP contribution >= 0.6 is 0 Å². The van der Waals surface area contributed by atoms with Crippen LogP contribution in [-0.4, -0.2) is 60.5 Å². The maximum absolute atomic E-state index is 12.4. The number of hydrogen-bond donors (Lipinski definition) is 0. The van der Waals surface area contributed by atoms with Crippen LogP contribution in [0.3, 0.4) is 0 Å². The largest absolute Gasteiger partial charge is 0.341 e. The molecule has 130 valence electrons. The standard InChI is InChI=1S/C15H26N4O3S/c1-11-6-8-18(9-7-11)14(20)10-19-13(3)15(12(2)16-19)23(21,22)17(4)5/h11H,6-10H2,1-5H3. The topological polar surface area (TPSA) is 75.5 Å². The third kappa shape index (κ3) is 3.58. The number of aromatic nitrogens is 2. The number of likely N-dealkylation sites (tertiary alicyclic amines) is 1. The average Bonchev–Trinajstić information content (AvgIpc) is 2.74. The molecule has 0 saturated carbocycles. The fourth-order valence-corrected chi connectivity index (χ4v) is 4.13. The zero-order valence-corrected chi connectivity index (χ0v) is 15.4. The zero-order chi connectivity index (χ0) is 17.4. The van der Waals surface area contributed by atoms with Crippen LogP contribution in [0.5, 0.6) is 0 Å². The predicted octanol–water partition coefficient (Wildman–Crippen LogP) is 1.01. The fourth-order valence-electron chi connectivity index (χ4n) is 2.88. The number of carbonyl (C=O) groups is 1. The fraction of sp³-hybridized carbons (Fsp3) is 0.733. The summed E-state index contributed by atoms with van der Waals surface area (Å²) in [5, 5.41) is 4.27. The third-order valence-electron chi connectivity index (χ3n) is 4.48. The molecule has 0 aliphatic carbocycles. The second-order valence-corrected chi connectivity index (χ2v) is 8.60. The van der Waals surface area contributed by atoms with Crippen LogP contribution in [0.1, 0.15) is 31.2 Å². The van der Waals surface area contributed by atoms with E-state index in [1.807, 2.05) is 4.90 Å². The van der Waals surface area contributed by atoms with Crippen LogP contribution in [0.15, 0.2) is 4.90 Å². The number of piperidine rings is 1. The van der Waals surface area contributed by atoms with Gasteiger partial charge in [0, 0.05) is 27.2 Å². The third-order valence-corrected chi connectivity index (χ3v) is 6.54. The van der Waals surface area contributed by atoms with Gasteiger partial charge in [0.2, 0.25) is 15.9 Å². The molecule has 23 heavy (non-hydrogen) atoms. The van der Waals surface area contributed by atoms with Crippen molar-refractivity contribution in [3.63, 3.8) is 0 Å². The van der Waals surface area contributed by atoms with E-state index in [-0.39, 0.29) is 17.3 Å². The Labute approximate surface area is 138 Å². The highest BCUT2D eigenvalue weighted by molar-refractivity contribution is 7.89. The smallest absolute Gasteiger partial charge is 0.246 e. The van der Waals surface area contributed by atoms with Gasteiger partial charge in [-0.15, -0.1) is 0 Å². The number of rotatable bonds is 4. The number of aryl methyl sites for hydroxylation is 1. The van der Waals surface area contributed by atoms with Crippen molar-refractivity contribution in [1.82, 2.24) is 19.0 Å². The summed E-state index contributed by atoms with van der Waals surface area (Å²) in [5.41, 5.74) is 0.936. The lowest BCUT2D eigenvalue weighted by atomic mass is 9.99. The number of nitrogens with zero attached hydrogens (tertiary/aromatic N) is 4. The highest BCUT2D eigenvalue weighted by atomic mass is 32.2. The molecule has 1 amide bonds. The highest BCUT2D eigenvalue weighted by Gasteiger charge is 2.28. The molecule has 1 aliphatic heterocycles. The van der Waals surface area contributed by atoms with E-state index in [4.69, 9.17) is 0 Å². The van der Waals surface area contributed by atoms with Gasteiger partial charge in [0.25, 0.3) is 0 Å². The van der Waals surface area contributed by atoms with E-state index in [1.54, 1.807) is 13.8 Å². The Kier molecular flexibility index (Phi) is 5.15. The van der Waals surface area contributed by atoms with Crippen LogP contribution in [0.25, 0.3) is 0 Å². The van der Waals surface area contributed by atoms with Gasteiger partial charge < -0.3 is 4.90 Å². The monoisotopic (exact) mass is 342 g/mol. The van der Waals surface area contributed by atoms with Crippen LogP contribution in [0.2, 0.25) is 0 Å². The van der Waals surface area contributed by atoms with E-state index < -0.39 is 10.0 Å². The number of amides is 1. The molecule has 0 spiro atoms. The Bertz CT molecular complexity index is 686. The van der Waals surface area contributed by atoms with Gasteiger partial charge in [0.1, 0.15) is 11.4 Å². The maximum atomic E-state index is 12.4. The lowest BCUT2D eigenvalue weighted by molar-refractivity contribution is -0.133. The molecule has 0 N–H and O–H groups in total. The van der Waals surface area contributed by atoms with Crippen molar-refractivity contribution < 1.29 is 13.2 Å². The number of sulfonamides is 1. The van der Waals surface area contributed by atoms with Crippen molar-refractivity contribution in [2.45, 2.75) is 45.1 Å². The van der Waals surface area contributed by atoms with Crippen molar-refractivity contribution in [2.24, 2.45) is 5.92 Å². The van der Waals surface area contributed by atoms with Crippen LogP contribution in [0.4, 0.5) is 0 Å². The number of hydrogen-bond acceptors (Lipinski definition) is 4. The summed E-state index contributed by atoms with van der Waals surface area (Å²) in [5.74, 6) is 0.654. The molecule has 1 saturated heterocycles. The summed E-state index contributed by atoms with van der Waals surface area (Å²) in [6.07, 6.45) is 2.03. The molecule has 0 unspecified atom stereocenters. The van der Waals surface area contributed by atoms with Crippen molar-refractivity contribution >= 4 is 15.9 Å². The van der Waals surface area contributed by atoms with Crippen molar-refractivity contribution in [1.29, 1.82) is 0 Å². The molecule has 1 fully saturated rings. The summed E-state index contributed by atoms with van der Waals surface area (Å²) in [4.78, 5) is 14.5. The molecule has 1 aliphatic rings. The first-order chi connectivity index (χ1) is 10.6. The van der Waals surface area contributed by atoms with Gasteiger partial charge in [-0.25, -0.2) is 12.7 Å². The van der Waals surface area contributed by atoms with Gasteiger partial charge >= 0.3 is 0 Å². The molecule has 2 heterocycles. The average molecular weight is 342 g/mol. The van der Waals surface area contributed by atoms with E-state index >= 15 is 0 Å². The first-order valence-electron chi connectivity index (χ1n) is 7.89. The first kappa shape index (κ1) is 17.9. The van der Waals surface area contributed by atoms with Crippen molar-refractivity contribution in [3.05, 3.63) is 11.4 Å². The van der Waals surface area contributed by atoms with Crippen LogP contribution in [0, 0.1) is 19.8 Å². The second kappa shape index (κ2) is 6.60. The molecule has 1 aromatic rings. The van der Waals surface area contributed by atoms with E-state index in [1.165, 1.54) is 23.1 Å². The van der Waals surface area contributed by atoms with Gasteiger partial charge in [0.15, 0.2) is 0 Å². The Morgan fingerprint density at radius 1 is 1.26 bits per heavy atom. The van der Waals surface area contributed by atoms with Crippen molar-refractivity contribution in [2.75, 3.05) is 27.2 Å². The first-order valence-corrected chi connectivity index (χ1v) is 9.33. The zero-order valence-electron chi connectivity index (χ0n) is 14.5. The van der Waals surface area contributed by atoms with Gasteiger partial charge in [-0.2, -0.15) is 5.10 Å². The molecular formula is C15H26N4O3S. The van der Waals surface area contributed by atoms with E-state index in [2.05, 4.69) is 12.0 Å². The Morgan fingerprint density at radius 3 is 2.35 bits per heavy atom. The Morgan fingerprint density at radius 2 is 1.83 bits per heavy atom. The lowest BCUT2D eigenvalue weighted by Crippen LogP contribution is -2.40. The molecule has 0 aromatic carbocycles. The lowest BCUT2D eigenvalue weighted by Gasteiger charge is -2.30. The van der Waals surface area contributed by atoms with E-state index in [0.717, 1.165) is 25.9 Å². The molecule has 0 radical (unpaired) electrons. The molecular weight excluding hydrogens is 316 g/mol. The molecule has 8 heteroatoms.